The van der Waals surface area contributed by atoms with Crippen molar-refractivity contribution in [2.24, 2.45) is 10.9 Å². The standard InChI is InChI=1S/C18H33N5/c1-3-10-22-13-7-17(8-14-22)16-21-18(19-4-2)20-9-15-23-11-5-6-12-23/h5-6,11-12,17H,3-4,7-10,13-16H2,1-2H3,(H2,19,20,21). The topological polar surface area (TPSA) is 44.6 Å². The summed E-state index contributed by atoms with van der Waals surface area (Å²) in [5, 5.41) is 6.79. The summed E-state index contributed by atoms with van der Waals surface area (Å²) in [5.74, 6) is 1.69. The van der Waals surface area contributed by atoms with Gasteiger partial charge >= 0.3 is 0 Å². The van der Waals surface area contributed by atoms with E-state index >= 15 is 0 Å². The molecule has 0 radical (unpaired) electrons. The minimum Gasteiger partial charge on any atom is -0.357 e. The van der Waals surface area contributed by atoms with E-state index in [0.717, 1.165) is 38.1 Å². The third-order valence-electron chi connectivity index (χ3n) is 4.43. The number of hydrogen-bond donors (Lipinski definition) is 2. The monoisotopic (exact) mass is 319 g/mol. The molecule has 1 aromatic rings. The van der Waals surface area contributed by atoms with Crippen molar-refractivity contribution in [1.29, 1.82) is 0 Å². The zero-order valence-corrected chi connectivity index (χ0v) is 14.8. The number of guanidine groups is 1. The number of nitrogens with one attached hydrogen (secondary N) is 2. The van der Waals surface area contributed by atoms with Gasteiger partial charge in [-0.15, -0.1) is 0 Å². The van der Waals surface area contributed by atoms with E-state index in [9.17, 15) is 0 Å². The Morgan fingerprint density at radius 3 is 2.48 bits per heavy atom. The Hall–Kier alpha value is -1.49. The van der Waals surface area contributed by atoms with Gasteiger partial charge in [0.15, 0.2) is 5.96 Å². The fraction of sp³-hybridized carbons (Fsp3) is 0.722. The first-order chi connectivity index (χ1) is 11.3. The molecule has 5 heteroatoms. The van der Waals surface area contributed by atoms with Crippen LogP contribution in [-0.4, -0.2) is 54.7 Å². The lowest BCUT2D eigenvalue weighted by atomic mass is 9.97. The van der Waals surface area contributed by atoms with Gasteiger partial charge < -0.3 is 20.1 Å². The molecule has 0 unspecified atom stereocenters. The largest absolute Gasteiger partial charge is 0.357 e. The van der Waals surface area contributed by atoms with Crippen LogP contribution in [0.25, 0.3) is 0 Å². The van der Waals surface area contributed by atoms with Gasteiger partial charge in [0.2, 0.25) is 0 Å². The SMILES string of the molecule is CCCN1CCC(CN=C(NCC)NCCn2cccc2)CC1. The summed E-state index contributed by atoms with van der Waals surface area (Å²) in [7, 11) is 0. The van der Waals surface area contributed by atoms with Crippen LogP contribution in [0.5, 0.6) is 0 Å². The third-order valence-corrected chi connectivity index (χ3v) is 4.43. The fourth-order valence-electron chi connectivity index (χ4n) is 3.09. The quantitative estimate of drug-likeness (QED) is 0.570. The van der Waals surface area contributed by atoms with Crippen molar-refractivity contribution in [3.8, 4) is 0 Å². The molecule has 0 aromatic carbocycles. The molecule has 0 bridgehead atoms. The Morgan fingerprint density at radius 1 is 1.09 bits per heavy atom. The summed E-state index contributed by atoms with van der Waals surface area (Å²) in [6, 6.07) is 4.12. The van der Waals surface area contributed by atoms with Gasteiger partial charge in [-0.25, -0.2) is 0 Å². The number of likely N-dealkylation sites (tertiary alicyclic amines) is 1. The van der Waals surface area contributed by atoms with Crippen LogP contribution in [0.2, 0.25) is 0 Å². The molecule has 5 nitrogen and oxygen atoms in total. The number of aliphatic imine (C=N–C) groups is 1. The normalized spacial score (nSPS) is 17.4. The van der Waals surface area contributed by atoms with Crippen LogP contribution < -0.4 is 10.6 Å². The Balaban J connectivity index is 1.70. The van der Waals surface area contributed by atoms with Gasteiger partial charge in [-0.2, -0.15) is 0 Å². The molecule has 1 saturated heterocycles. The molecule has 23 heavy (non-hydrogen) atoms. The summed E-state index contributed by atoms with van der Waals surface area (Å²) >= 11 is 0. The van der Waals surface area contributed by atoms with Crippen LogP contribution in [-0.2, 0) is 6.54 Å². The van der Waals surface area contributed by atoms with Gasteiger partial charge in [-0.05, 0) is 63.9 Å². The lowest BCUT2D eigenvalue weighted by molar-refractivity contribution is 0.188. The minimum atomic E-state index is 0.739. The summed E-state index contributed by atoms with van der Waals surface area (Å²) < 4.78 is 2.18. The Kier molecular flexibility index (Phi) is 8.01. The summed E-state index contributed by atoms with van der Waals surface area (Å²) in [6.07, 6.45) is 8.02. The van der Waals surface area contributed by atoms with Crippen LogP contribution in [0, 0.1) is 5.92 Å². The summed E-state index contributed by atoms with van der Waals surface area (Å²) in [4.78, 5) is 7.38. The number of hydrogen-bond acceptors (Lipinski definition) is 2. The van der Waals surface area contributed by atoms with E-state index in [0.29, 0.717) is 0 Å². The maximum atomic E-state index is 4.79. The van der Waals surface area contributed by atoms with Crippen molar-refractivity contribution in [2.75, 3.05) is 39.3 Å². The highest BCUT2D eigenvalue weighted by molar-refractivity contribution is 5.79. The maximum absolute atomic E-state index is 4.79. The highest BCUT2D eigenvalue weighted by Gasteiger charge is 2.18. The van der Waals surface area contributed by atoms with Crippen LogP contribution in [0.15, 0.2) is 29.5 Å². The molecular weight excluding hydrogens is 286 g/mol. The van der Waals surface area contributed by atoms with E-state index in [1.165, 1.54) is 38.9 Å². The molecule has 2 heterocycles. The number of rotatable bonds is 8. The molecule has 130 valence electrons. The van der Waals surface area contributed by atoms with Crippen molar-refractivity contribution in [3.63, 3.8) is 0 Å². The molecule has 0 aliphatic carbocycles. The van der Waals surface area contributed by atoms with Gasteiger partial charge in [0, 0.05) is 38.6 Å². The maximum Gasteiger partial charge on any atom is 0.191 e. The van der Waals surface area contributed by atoms with E-state index < -0.39 is 0 Å². The van der Waals surface area contributed by atoms with Crippen LogP contribution in [0.1, 0.15) is 33.1 Å². The van der Waals surface area contributed by atoms with Crippen molar-refractivity contribution in [1.82, 2.24) is 20.1 Å². The van der Waals surface area contributed by atoms with Crippen LogP contribution >= 0.6 is 0 Å². The molecule has 0 atom stereocenters. The molecule has 1 aliphatic rings. The Bertz CT molecular complexity index is 432. The predicted octanol–water partition coefficient (Wildman–Crippen LogP) is 2.17. The number of piperidine rings is 1. The molecular formula is C18H33N5. The smallest absolute Gasteiger partial charge is 0.191 e. The first-order valence-electron chi connectivity index (χ1n) is 9.17. The first kappa shape index (κ1) is 17.9. The lowest BCUT2D eigenvalue weighted by Crippen LogP contribution is -2.40. The predicted molar refractivity (Wildman–Crippen MR) is 97.9 cm³/mol. The van der Waals surface area contributed by atoms with Crippen molar-refractivity contribution < 1.29 is 0 Å². The van der Waals surface area contributed by atoms with Gasteiger partial charge in [0.05, 0.1) is 0 Å². The van der Waals surface area contributed by atoms with Crippen LogP contribution in [0.3, 0.4) is 0 Å². The molecule has 1 fully saturated rings. The molecule has 1 aliphatic heterocycles. The fourth-order valence-corrected chi connectivity index (χ4v) is 3.09. The second-order valence-electron chi connectivity index (χ2n) is 6.35. The zero-order valence-electron chi connectivity index (χ0n) is 14.8. The molecule has 0 spiro atoms. The van der Waals surface area contributed by atoms with E-state index in [1.54, 1.807) is 0 Å². The van der Waals surface area contributed by atoms with Gasteiger partial charge in [0.1, 0.15) is 0 Å². The van der Waals surface area contributed by atoms with E-state index in [1.807, 2.05) is 0 Å². The number of nitrogens with zero attached hydrogens (tertiary/aromatic N) is 3. The van der Waals surface area contributed by atoms with Gasteiger partial charge in [0.25, 0.3) is 0 Å². The van der Waals surface area contributed by atoms with Crippen molar-refractivity contribution in [2.45, 2.75) is 39.7 Å². The average molecular weight is 319 g/mol. The molecule has 1 aromatic heterocycles. The second-order valence-corrected chi connectivity index (χ2v) is 6.35. The minimum absolute atomic E-state index is 0.739. The highest BCUT2D eigenvalue weighted by atomic mass is 15.2. The second kappa shape index (κ2) is 10.3. The molecule has 0 saturated carbocycles. The lowest BCUT2D eigenvalue weighted by Gasteiger charge is -2.31. The molecule has 0 amide bonds. The summed E-state index contributed by atoms with van der Waals surface area (Å²) in [5.41, 5.74) is 0. The van der Waals surface area contributed by atoms with Crippen molar-refractivity contribution >= 4 is 5.96 Å². The average Bonchev–Trinajstić information content (AvgIpc) is 3.07. The van der Waals surface area contributed by atoms with E-state index in [4.69, 9.17) is 4.99 Å². The first-order valence-corrected chi connectivity index (χ1v) is 9.17. The number of aromatic nitrogens is 1. The Labute approximate surface area is 141 Å². The van der Waals surface area contributed by atoms with Gasteiger partial charge in [-0.1, -0.05) is 6.92 Å². The zero-order chi connectivity index (χ0) is 16.3. The van der Waals surface area contributed by atoms with E-state index in [2.05, 4.69) is 58.5 Å². The molecule has 2 rings (SSSR count). The third kappa shape index (κ3) is 6.65. The Morgan fingerprint density at radius 2 is 1.83 bits per heavy atom. The highest BCUT2D eigenvalue weighted by Crippen LogP contribution is 2.17. The molecule has 2 N–H and O–H groups in total. The van der Waals surface area contributed by atoms with Gasteiger partial charge in [-0.3, -0.25) is 4.99 Å². The van der Waals surface area contributed by atoms with Crippen molar-refractivity contribution in [3.05, 3.63) is 24.5 Å². The van der Waals surface area contributed by atoms with E-state index in [-0.39, 0.29) is 0 Å². The van der Waals surface area contributed by atoms with Crippen LogP contribution in [0.4, 0.5) is 0 Å². The summed E-state index contributed by atoms with van der Waals surface area (Å²) in [6.45, 7) is 11.8.